The molecular formula is C22H22N2O4S. The first kappa shape index (κ1) is 20.7. The molecule has 0 aliphatic rings. The molecule has 0 heterocycles. The van der Waals surface area contributed by atoms with Gasteiger partial charge in [-0.25, -0.2) is 18.6 Å². The molecule has 0 aliphatic heterocycles. The van der Waals surface area contributed by atoms with E-state index in [1.807, 2.05) is 60.7 Å². The minimum Gasteiger partial charge on any atom is -0.269 e. The van der Waals surface area contributed by atoms with Gasteiger partial charge in [-0.3, -0.25) is 9.63 Å². The Bertz CT molecular complexity index is 1070. The van der Waals surface area contributed by atoms with Crippen molar-refractivity contribution in [2.45, 2.75) is 25.0 Å². The molecule has 6 nitrogen and oxygen atoms in total. The fraction of sp³-hybridized carbons (Fsp3) is 0.136. The molecule has 2 N–H and O–H groups in total. The van der Waals surface area contributed by atoms with Crippen LogP contribution in [0, 0.1) is 6.92 Å². The van der Waals surface area contributed by atoms with Crippen LogP contribution in [0.5, 0.6) is 0 Å². The number of nitrogens with one attached hydrogen (secondary N) is 2. The lowest BCUT2D eigenvalue weighted by Gasteiger charge is -2.12. The SMILES string of the molecule is Cc1ccc(C(=O)NOCc2ccccc2)cc1S(=O)(=O)NCc1ccccc1. The Morgan fingerprint density at radius 1 is 0.897 bits per heavy atom. The minimum atomic E-state index is -3.78. The fourth-order valence-electron chi connectivity index (χ4n) is 2.70. The molecule has 0 atom stereocenters. The zero-order valence-corrected chi connectivity index (χ0v) is 16.8. The summed E-state index contributed by atoms with van der Waals surface area (Å²) in [4.78, 5) is 17.6. The van der Waals surface area contributed by atoms with E-state index in [9.17, 15) is 13.2 Å². The molecule has 1 amide bonds. The van der Waals surface area contributed by atoms with Crippen molar-refractivity contribution in [3.63, 3.8) is 0 Å². The number of rotatable bonds is 8. The predicted octanol–water partition coefficient (Wildman–Crippen LogP) is 3.34. The standard InChI is InChI=1S/C22H22N2O4S/c1-17-12-13-20(22(25)24-28-16-19-10-6-3-7-11-19)14-21(17)29(26,27)23-15-18-8-4-2-5-9-18/h2-14,23H,15-16H2,1H3,(H,24,25). The highest BCUT2D eigenvalue weighted by Crippen LogP contribution is 2.18. The van der Waals surface area contributed by atoms with E-state index in [1.54, 1.807) is 19.1 Å². The van der Waals surface area contributed by atoms with Crippen molar-refractivity contribution >= 4 is 15.9 Å². The topological polar surface area (TPSA) is 84.5 Å². The van der Waals surface area contributed by atoms with Crippen LogP contribution in [-0.2, 0) is 28.0 Å². The number of carbonyl (C=O) groups excluding carboxylic acids is 1. The van der Waals surface area contributed by atoms with Gasteiger partial charge in [0.25, 0.3) is 5.91 Å². The first-order valence-corrected chi connectivity index (χ1v) is 10.5. The predicted molar refractivity (Wildman–Crippen MR) is 110 cm³/mol. The maximum absolute atomic E-state index is 12.7. The Morgan fingerprint density at radius 3 is 2.17 bits per heavy atom. The molecule has 3 aromatic carbocycles. The third-order valence-electron chi connectivity index (χ3n) is 4.30. The van der Waals surface area contributed by atoms with Crippen LogP contribution in [0.4, 0.5) is 0 Å². The van der Waals surface area contributed by atoms with Crippen molar-refractivity contribution in [2.75, 3.05) is 0 Å². The number of aryl methyl sites for hydroxylation is 1. The molecule has 0 radical (unpaired) electrons. The summed E-state index contributed by atoms with van der Waals surface area (Å²) in [5, 5.41) is 0. The third kappa shape index (κ3) is 5.74. The maximum atomic E-state index is 12.7. The van der Waals surface area contributed by atoms with Crippen LogP contribution < -0.4 is 10.2 Å². The minimum absolute atomic E-state index is 0.0594. The number of hydroxylamine groups is 1. The summed E-state index contributed by atoms with van der Waals surface area (Å²) in [5.41, 5.74) is 4.85. The third-order valence-corrected chi connectivity index (χ3v) is 5.84. The molecule has 0 bridgehead atoms. The highest BCUT2D eigenvalue weighted by molar-refractivity contribution is 7.89. The number of sulfonamides is 1. The number of hydrogen-bond acceptors (Lipinski definition) is 4. The van der Waals surface area contributed by atoms with Gasteiger partial charge in [-0.2, -0.15) is 0 Å². The average molecular weight is 410 g/mol. The highest BCUT2D eigenvalue weighted by atomic mass is 32.2. The molecule has 7 heteroatoms. The van der Waals surface area contributed by atoms with Gasteiger partial charge in [-0.1, -0.05) is 66.7 Å². The second-order valence-corrected chi connectivity index (χ2v) is 8.23. The molecule has 0 spiro atoms. The van der Waals surface area contributed by atoms with Crippen LogP contribution in [-0.4, -0.2) is 14.3 Å². The number of benzene rings is 3. The second-order valence-electron chi connectivity index (χ2n) is 6.50. The molecule has 0 aromatic heterocycles. The summed E-state index contributed by atoms with van der Waals surface area (Å²) in [6.45, 7) is 2.06. The second kappa shape index (κ2) is 9.47. The van der Waals surface area contributed by atoms with Gasteiger partial charge in [0.1, 0.15) is 0 Å². The molecule has 150 valence electrons. The van der Waals surface area contributed by atoms with E-state index < -0.39 is 15.9 Å². The maximum Gasteiger partial charge on any atom is 0.274 e. The zero-order valence-electron chi connectivity index (χ0n) is 16.0. The van der Waals surface area contributed by atoms with Crippen LogP contribution in [0.1, 0.15) is 27.0 Å². The van der Waals surface area contributed by atoms with Crippen LogP contribution in [0.2, 0.25) is 0 Å². The van der Waals surface area contributed by atoms with Gasteiger partial charge in [-0.15, -0.1) is 0 Å². The zero-order chi connectivity index (χ0) is 20.7. The Morgan fingerprint density at radius 2 is 1.52 bits per heavy atom. The van der Waals surface area contributed by atoms with Crippen molar-refractivity contribution in [1.29, 1.82) is 0 Å². The van der Waals surface area contributed by atoms with Gasteiger partial charge in [0.15, 0.2) is 0 Å². The number of hydrogen-bond donors (Lipinski definition) is 2. The first-order chi connectivity index (χ1) is 14.0. The largest absolute Gasteiger partial charge is 0.274 e. The average Bonchev–Trinajstić information content (AvgIpc) is 2.74. The molecule has 3 rings (SSSR count). The van der Waals surface area contributed by atoms with E-state index in [1.165, 1.54) is 6.07 Å². The summed E-state index contributed by atoms with van der Waals surface area (Å²) in [6, 6.07) is 23.1. The summed E-state index contributed by atoms with van der Waals surface area (Å²) in [7, 11) is -3.78. The lowest BCUT2D eigenvalue weighted by atomic mass is 10.1. The number of amides is 1. The normalized spacial score (nSPS) is 11.2. The van der Waals surface area contributed by atoms with Crippen LogP contribution in [0.3, 0.4) is 0 Å². The van der Waals surface area contributed by atoms with Crippen molar-refractivity contribution < 1.29 is 18.0 Å². The van der Waals surface area contributed by atoms with Crippen molar-refractivity contribution in [1.82, 2.24) is 10.2 Å². The van der Waals surface area contributed by atoms with Gasteiger partial charge >= 0.3 is 0 Å². The number of carbonyl (C=O) groups is 1. The van der Waals surface area contributed by atoms with E-state index in [2.05, 4.69) is 10.2 Å². The van der Waals surface area contributed by atoms with Gasteiger partial charge in [0.2, 0.25) is 10.0 Å². The quantitative estimate of drug-likeness (QED) is 0.558. The Labute approximate surface area is 170 Å². The van der Waals surface area contributed by atoms with Crippen molar-refractivity contribution in [3.05, 3.63) is 101 Å². The van der Waals surface area contributed by atoms with E-state index >= 15 is 0 Å². The molecule has 3 aromatic rings. The molecule has 0 saturated heterocycles. The van der Waals surface area contributed by atoms with Crippen molar-refractivity contribution in [3.8, 4) is 0 Å². The van der Waals surface area contributed by atoms with Gasteiger partial charge in [-0.05, 0) is 35.7 Å². The van der Waals surface area contributed by atoms with E-state index in [0.717, 1.165) is 11.1 Å². The lowest BCUT2D eigenvalue weighted by molar-refractivity contribution is 0.0233. The molecule has 0 saturated carbocycles. The molecular weight excluding hydrogens is 388 g/mol. The van der Waals surface area contributed by atoms with Crippen LogP contribution in [0.15, 0.2) is 83.8 Å². The van der Waals surface area contributed by atoms with E-state index in [4.69, 9.17) is 4.84 Å². The van der Waals surface area contributed by atoms with Crippen molar-refractivity contribution in [2.24, 2.45) is 0 Å². The first-order valence-electron chi connectivity index (χ1n) is 9.06. The summed E-state index contributed by atoms with van der Waals surface area (Å²) < 4.78 is 28.0. The van der Waals surface area contributed by atoms with E-state index in [-0.39, 0.29) is 23.6 Å². The Hall–Kier alpha value is -3.00. The van der Waals surface area contributed by atoms with Gasteiger partial charge in [0.05, 0.1) is 11.5 Å². The van der Waals surface area contributed by atoms with Crippen LogP contribution in [0.25, 0.3) is 0 Å². The molecule has 0 aliphatic carbocycles. The highest BCUT2D eigenvalue weighted by Gasteiger charge is 2.19. The molecule has 0 fully saturated rings. The summed E-state index contributed by atoms with van der Waals surface area (Å²) in [5.74, 6) is -0.513. The fourth-order valence-corrected chi connectivity index (χ4v) is 3.99. The Balaban J connectivity index is 1.67. The van der Waals surface area contributed by atoms with Gasteiger partial charge < -0.3 is 0 Å². The molecule has 0 unspecified atom stereocenters. The van der Waals surface area contributed by atoms with Crippen LogP contribution >= 0.6 is 0 Å². The Kier molecular flexibility index (Phi) is 6.77. The lowest BCUT2D eigenvalue weighted by Crippen LogP contribution is -2.26. The van der Waals surface area contributed by atoms with E-state index in [0.29, 0.717) is 5.56 Å². The smallest absolute Gasteiger partial charge is 0.269 e. The summed E-state index contributed by atoms with van der Waals surface area (Å²) in [6.07, 6.45) is 0. The van der Waals surface area contributed by atoms with Gasteiger partial charge in [0, 0.05) is 12.1 Å². The summed E-state index contributed by atoms with van der Waals surface area (Å²) >= 11 is 0. The molecule has 29 heavy (non-hydrogen) atoms. The monoisotopic (exact) mass is 410 g/mol.